The van der Waals surface area contributed by atoms with Crippen LogP contribution in [0.1, 0.15) is 49.4 Å². The van der Waals surface area contributed by atoms with Gasteiger partial charge in [-0.1, -0.05) is 36.4 Å². The number of ether oxygens (including phenoxy) is 2. The van der Waals surface area contributed by atoms with E-state index in [-0.39, 0.29) is 12.3 Å². The summed E-state index contributed by atoms with van der Waals surface area (Å²) in [5.74, 6) is -0.384. The van der Waals surface area contributed by atoms with Crippen molar-refractivity contribution in [2.24, 2.45) is 0 Å². The Bertz CT molecular complexity index is 1200. The Hall–Kier alpha value is -3.20. The molecule has 1 aliphatic rings. The molecule has 0 spiro atoms. The molecule has 208 valence electrons. The minimum atomic E-state index is -0.933. The molecule has 1 saturated heterocycles. The first-order valence-corrected chi connectivity index (χ1v) is 14.5. The summed E-state index contributed by atoms with van der Waals surface area (Å²) in [6, 6.07) is 19.1. The lowest BCUT2D eigenvalue weighted by atomic mass is 10.1. The smallest absolute Gasteiger partial charge is 0.303 e. The second-order valence-corrected chi connectivity index (χ2v) is 10.5. The van der Waals surface area contributed by atoms with Crippen LogP contribution in [-0.2, 0) is 16.1 Å². The predicted molar refractivity (Wildman–Crippen MR) is 154 cm³/mol. The fourth-order valence-corrected chi connectivity index (χ4v) is 5.26. The minimum Gasteiger partial charge on any atom is -0.493 e. The Morgan fingerprint density at radius 3 is 2.54 bits per heavy atom. The molecular formula is C31H38N2O5S. The van der Waals surface area contributed by atoms with Crippen LogP contribution in [-0.4, -0.2) is 72.8 Å². The molecule has 7 nitrogen and oxygen atoms in total. The van der Waals surface area contributed by atoms with Crippen LogP contribution in [0.4, 0.5) is 0 Å². The van der Waals surface area contributed by atoms with E-state index in [4.69, 9.17) is 14.6 Å². The number of aliphatic carboxylic acids is 1. The molecule has 8 heteroatoms. The maximum Gasteiger partial charge on any atom is 0.303 e. The summed E-state index contributed by atoms with van der Waals surface area (Å²) in [5.41, 5.74) is 2.26. The number of nitrogens with zero attached hydrogens (tertiary/aromatic N) is 2. The van der Waals surface area contributed by atoms with Crippen LogP contribution < -0.4 is 4.74 Å². The van der Waals surface area contributed by atoms with Crippen molar-refractivity contribution in [2.75, 3.05) is 46.0 Å². The van der Waals surface area contributed by atoms with Gasteiger partial charge in [0, 0.05) is 55.1 Å². The molecule has 1 fully saturated rings. The van der Waals surface area contributed by atoms with E-state index in [9.17, 15) is 11.0 Å². The number of benzene rings is 2. The van der Waals surface area contributed by atoms with Crippen molar-refractivity contribution in [3.05, 3.63) is 77.2 Å². The Kier molecular flexibility index (Phi) is 10.8. The van der Waals surface area contributed by atoms with Gasteiger partial charge in [0.05, 0.1) is 21.2 Å². The number of carbonyl (C=O) groups excluding carboxylic acids is 1. The van der Waals surface area contributed by atoms with Crippen molar-refractivity contribution in [1.82, 2.24) is 9.80 Å². The highest BCUT2D eigenvalue weighted by Crippen LogP contribution is 2.26. The van der Waals surface area contributed by atoms with Gasteiger partial charge in [0.25, 0.3) is 5.91 Å². The molecule has 1 aliphatic heterocycles. The third-order valence-corrected chi connectivity index (χ3v) is 7.60. The SMILES string of the molecule is [2H]C(c1ccccc1OCCCCCC(=O)O)N(CCCN1CCOCC1)C(=O)c1ccc(-c2cccs2)cc1. The molecule has 1 unspecified atom stereocenters. The van der Waals surface area contributed by atoms with E-state index in [1.165, 1.54) is 0 Å². The molecule has 2 heterocycles. The van der Waals surface area contributed by atoms with Gasteiger partial charge in [-0.2, -0.15) is 0 Å². The van der Waals surface area contributed by atoms with Crippen LogP contribution in [0.3, 0.4) is 0 Å². The molecule has 0 bridgehead atoms. The number of carbonyl (C=O) groups is 2. The highest BCUT2D eigenvalue weighted by atomic mass is 32.1. The van der Waals surface area contributed by atoms with E-state index in [1.807, 2.05) is 60.0 Å². The van der Waals surface area contributed by atoms with Gasteiger partial charge in [0.15, 0.2) is 0 Å². The van der Waals surface area contributed by atoms with Crippen LogP contribution in [0, 0.1) is 0 Å². The molecule has 1 atom stereocenters. The van der Waals surface area contributed by atoms with Gasteiger partial charge >= 0.3 is 5.97 Å². The number of carboxylic acid groups (broad SMARTS) is 1. The van der Waals surface area contributed by atoms with Crippen molar-refractivity contribution < 1.29 is 25.5 Å². The summed E-state index contributed by atoms with van der Waals surface area (Å²) < 4.78 is 20.7. The third-order valence-electron chi connectivity index (χ3n) is 6.68. The number of thiophene rings is 1. The minimum absolute atomic E-state index is 0.154. The number of carboxylic acids is 1. The molecule has 4 rings (SSSR count). The molecule has 0 radical (unpaired) electrons. The Balaban J connectivity index is 1.46. The van der Waals surface area contributed by atoms with Crippen LogP contribution >= 0.6 is 11.3 Å². The molecule has 3 aromatic rings. The van der Waals surface area contributed by atoms with Crippen molar-refractivity contribution in [1.29, 1.82) is 0 Å². The Morgan fingerprint density at radius 1 is 1.00 bits per heavy atom. The zero-order valence-electron chi connectivity index (χ0n) is 23.3. The van der Waals surface area contributed by atoms with E-state index < -0.39 is 12.5 Å². The second-order valence-electron chi connectivity index (χ2n) is 9.58. The average molecular weight is 552 g/mol. The molecule has 0 aliphatic carbocycles. The first-order valence-electron chi connectivity index (χ1n) is 14.2. The van der Waals surface area contributed by atoms with Crippen LogP contribution in [0.5, 0.6) is 5.75 Å². The van der Waals surface area contributed by atoms with E-state index in [0.717, 1.165) is 62.6 Å². The molecule has 1 amide bonds. The zero-order chi connectivity index (χ0) is 28.2. The number of rotatable bonds is 15. The third kappa shape index (κ3) is 9.20. The van der Waals surface area contributed by atoms with E-state index >= 15 is 0 Å². The summed E-state index contributed by atoms with van der Waals surface area (Å²) in [6.07, 6.45) is 3.00. The average Bonchev–Trinajstić information content (AvgIpc) is 3.52. The van der Waals surface area contributed by atoms with Gasteiger partial charge in [-0.3, -0.25) is 14.5 Å². The second kappa shape index (κ2) is 15.4. The summed E-state index contributed by atoms with van der Waals surface area (Å²) in [4.78, 5) is 29.7. The molecule has 1 aromatic heterocycles. The number of morpholine rings is 1. The Morgan fingerprint density at radius 2 is 1.79 bits per heavy atom. The lowest BCUT2D eigenvalue weighted by Crippen LogP contribution is -2.39. The highest BCUT2D eigenvalue weighted by molar-refractivity contribution is 7.13. The monoisotopic (exact) mass is 551 g/mol. The van der Waals surface area contributed by atoms with Gasteiger partial charge < -0.3 is 19.5 Å². The number of para-hydroxylation sites is 1. The van der Waals surface area contributed by atoms with Crippen LogP contribution in [0.15, 0.2) is 66.0 Å². The quantitative estimate of drug-likeness (QED) is 0.241. The van der Waals surface area contributed by atoms with Gasteiger partial charge in [0.1, 0.15) is 5.75 Å². The van der Waals surface area contributed by atoms with Gasteiger partial charge in [-0.25, -0.2) is 0 Å². The predicted octanol–water partition coefficient (Wildman–Crippen LogP) is 5.80. The van der Waals surface area contributed by atoms with Gasteiger partial charge in [-0.05, 0) is 60.9 Å². The fourth-order valence-electron chi connectivity index (χ4n) is 4.52. The van der Waals surface area contributed by atoms with E-state index in [1.54, 1.807) is 16.2 Å². The summed E-state index contributed by atoms with van der Waals surface area (Å²) in [5, 5.41) is 10.9. The van der Waals surface area contributed by atoms with Crippen molar-refractivity contribution in [3.63, 3.8) is 0 Å². The van der Waals surface area contributed by atoms with Crippen LogP contribution in [0.2, 0.25) is 0 Å². The lowest BCUT2D eigenvalue weighted by molar-refractivity contribution is -0.137. The maximum atomic E-state index is 13.8. The standard InChI is InChI=1S/C31H38N2O5S/c34-30(35)11-2-1-5-20-38-28-9-4-3-8-27(28)24-33(17-7-16-32-18-21-37-22-19-32)31(36)26-14-12-25(13-15-26)29-10-6-23-39-29/h3-4,6,8-10,12-15,23H,1-2,5,7,11,16-22,24H2,(H,34,35)/i24D. The van der Waals surface area contributed by atoms with Crippen molar-refractivity contribution >= 4 is 23.2 Å². The molecule has 0 saturated carbocycles. The van der Waals surface area contributed by atoms with E-state index in [0.29, 0.717) is 36.4 Å². The van der Waals surface area contributed by atoms with Crippen molar-refractivity contribution in [3.8, 4) is 16.2 Å². The maximum absolute atomic E-state index is 13.8. The number of unbranched alkanes of at least 4 members (excludes halogenated alkanes) is 2. The zero-order valence-corrected chi connectivity index (χ0v) is 23.1. The summed E-state index contributed by atoms with van der Waals surface area (Å²) in [6.45, 7) is 3.99. The number of hydrogen-bond acceptors (Lipinski definition) is 6. The molecule has 39 heavy (non-hydrogen) atoms. The summed E-state index contributed by atoms with van der Waals surface area (Å²) in [7, 11) is 0. The molecule has 2 aromatic carbocycles. The largest absolute Gasteiger partial charge is 0.493 e. The first-order chi connectivity index (χ1) is 19.5. The number of hydrogen-bond donors (Lipinski definition) is 1. The normalized spacial score (nSPS) is 14.9. The topological polar surface area (TPSA) is 79.3 Å². The molecular weight excluding hydrogens is 512 g/mol. The summed E-state index contributed by atoms with van der Waals surface area (Å²) >= 11 is 1.66. The Labute approximate surface area is 236 Å². The van der Waals surface area contributed by atoms with Crippen molar-refractivity contribution in [2.45, 2.75) is 38.6 Å². The van der Waals surface area contributed by atoms with Gasteiger partial charge in [0.2, 0.25) is 0 Å². The molecule has 1 N–H and O–H groups in total. The fraction of sp³-hybridized carbons (Fsp3) is 0.419. The lowest BCUT2D eigenvalue weighted by Gasteiger charge is -2.29. The number of amides is 1. The van der Waals surface area contributed by atoms with Gasteiger partial charge in [-0.15, -0.1) is 11.3 Å². The van der Waals surface area contributed by atoms with Crippen LogP contribution in [0.25, 0.3) is 10.4 Å². The highest BCUT2D eigenvalue weighted by Gasteiger charge is 2.19. The first kappa shape index (κ1) is 27.4. The van der Waals surface area contributed by atoms with E-state index in [2.05, 4.69) is 11.0 Å².